The highest BCUT2D eigenvalue weighted by Gasteiger charge is 2.50. The van der Waals surface area contributed by atoms with Gasteiger partial charge in [0.05, 0.1) is 31.0 Å². The summed E-state index contributed by atoms with van der Waals surface area (Å²) in [7, 11) is -4.81. The zero-order valence-corrected chi connectivity index (χ0v) is 47.9. The first-order valence-electron chi connectivity index (χ1n) is 27.9. The second kappa shape index (κ2) is 28.4. The third-order valence-electron chi connectivity index (χ3n) is 15.4. The monoisotopic (exact) mass is 1200 g/mol. The Morgan fingerprint density at radius 1 is 0.659 bits per heavy atom. The number of hydrogen-bond donors (Lipinski definition) is 15. The van der Waals surface area contributed by atoms with E-state index in [0.29, 0.717) is 12.2 Å². The van der Waals surface area contributed by atoms with E-state index in [4.69, 9.17) is 4.74 Å². The molecule has 3 heterocycles. The minimum Gasteiger partial charge on any atom is -0.627 e. The maximum Gasteiger partial charge on any atom is 0.263 e. The van der Waals surface area contributed by atoms with Crippen molar-refractivity contribution in [2.24, 2.45) is 5.92 Å². The van der Waals surface area contributed by atoms with Gasteiger partial charge in [-0.3, -0.25) is 33.6 Å². The summed E-state index contributed by atoms with van der Waals surface area (Å²) in [4.78, 5) is 133. The first-order valence-corrected chi connectivity index (χ1v) is 29.5. The Labute approximate surface area is 490 Å². The molecule has 7 amide bonds. The molecule has 4 aromatic carbocycles. The Balaban J connectivity index is 1.18. The van der Waals surface area contributed by atoms with Gasteiger partial charge in [0.2, 0.25) is 35.4 Å². The Bertz CT molecular complexity index is 2990. The topological polar surface area (TPSA) is 421 Å². The van der Waals surface area contributed by atoms with Crippen molar-refractivity contribution in [3.63, 3.8) is 0 Å². The van der Waals surface area contributed by atoms with Crippen molar-refractivity contribution < 1.29 is 93.8 Å². The van der Waals surface area contributed by atoms with E-state index in [1.54, 1.807) is 12.1 Å². The molecule has 0 saturated carbocycles. The van der Waals surface area contributed by atoms with Crippen LogP contribution < -0.4 is 41.5 Å². The maximum absolute atomic E-state index is 14.5. The summed E-state index contributed by atoms with van der Waals surface area (Å²) < 4.78 is 5.84. The summed E-state index contributed by atoms with van der Waals surface area (Å²) >= 11 is 0. The molecule has 0 radical (unpaired) electrons. The Kier molecular flexibility index (Phi) is 21.9. The molecule has 460 valence electrons. The zero-order chi connectivity index (χ0) is 62.2. The molecule has 3 saturated heterocycles. The molecule has 0 aromatic heterocycles. The van der Waals surface area contributed by atoms with Gasteiger partial charge in [-0.25, -0.2) is 9.79 Å². The SMILES string of the molecule is CCCCCOc1ccc(-c2ccc(-c3ccc(C(=O)N[C@@H]4C[C@@H](O)[C@@H](O)NC(=O)[C@@H]5[C@@H](O)[C@@H](C)CN5C(=O)[C@H]([C@@H](C)O)NC(=O)[C@H]([C@H](O)[C@@H](O)c5ccc([P+]([O-])(O)O)cc5)NC(=O)[C@@H]5C[C@@H](O)CN5C(=O)[C@H]([C@@H](C)O)NC4=O)cc3)cc2)cc1. The average molecular weight is 1200 g/mol. The van der Waals surface area contributed by atoms with Gasteiger partial charge in [0, 0.05) is 37.4 Å². The van der Waals surface area contributed by atoms with E-state index in [2.05, 4.69) is 33.5 Å². The third kappa shape index (κ3) is 15.9. The van der Waals surface area contributed by atoms with Crippen molar-refractivity contribution >= 4 is 54.6 Å². The van der Waals surface area contributed by atoms with Gasteiger partial charge < -0.3 is 86.9 Å². The molecule has 26 nitrogen and oxygen atoms in total. The largest absolute Gasteiger partial charge is 0.627 e. The van der Waals surface area contributed by atoms with Crippen molar-refractivity contribution in [2.75, 3.05) is 19.7 Å². The van der Waals surface area contributed by atoms with E-state index in [1.807, 2.05) is 48.5 Å². The van der Waals surface area contributed by atoms with Crippen molar-refractivity contribution in [1.29, 1.82) is 0 Å². The summed E-state index contributed by atoms with van der Waals surface area (Å²) in [5.41, 5.74) is 3.12. The van der Waals surface area contributed by atoms with E-state index >= 15 is 0 Å². The number of carbonyl (C=O) groups excluding carboxylic acids is 7. The normalized spacial score (nSPS) is 27.2. The van der Waals surface area contributed by atoms with Crippen molar-refractivity contribution in [2.45, 2.75) is 145 Å². The Morgan fingerprint density at radius 3 is 1.72 bits per heavy atom. The first-order chi connectivity index (χ1) is 40.2. The molecule has 0 bridgehead atoms. The van der Waals surface area contributed by atoms with Crippen LogP contribution in [0.5, 0.6) is 5.75 Å². The molecule has 0 spiro atoms. The van der Waals surface area contributed by atoms with E-state index in [1.165, 1.54) is 19.1 Å². The number of carbonyl (C=O) groups is 7. The highest BCUT2D eigenvalue weighted by molar-refractivity contribution is 7.65. The molecule has 7 rings (SSSR count). The van der Waals surface area contributed by atoms with E-state index < -0.39 is 172 Å². The maximum atomic E-state index is 14.5. The van der Waals surface area contributed by atoms with E-state index in [0.717, 1.165) is 89.6 Å². The molecule has 0 aliphatic carbocycles. The smallest absolute Gasteiger partial charge is 0.263 e. The molecule has 15 atom stereocenters. The number of aliphatic hydroxyl groups is 8. The number of rotatable bonds is 15. The van der Waals surface area contributed by atoms with Crippen LogP contribution in [-0.2, 0) is 28.8 Å². The van der Waals surface area contributed by atoms with E-state index in [-0.39, 0.29) is 11.1 Å². The molecular weight excluding hydrogens is 1130 g/mol. The standard InChI is InChI=1S/C58H74N7O19P/c1-5-6-7-24-84-39-20-16-35(17-21-39)33-10-8-32(9-11-33)34-12-14-37(15-13-34)51(73)59-41-26-43(69)54(76)63-56(78)47-48(70)29(2)27-65(47)58(80)45(31(4)67)61-55(77)46(50(72)49(71)36-18-22-40(23-19-36)85(81,82)83)62-53(75)42-25-38(68)28-64(42)57(79)44(30(3)66)60-52(41)74/h8-23,29-31,38,41-50,54,66-72,76H,5-7,24-28H2,1-4H3,(H,59,73)(H,60,74)(H,61,77)(H,62,75)(H,63,78)(H2,81,82,83)/t29-,30+,31+,38+,41+,42-,43+,44-,45-,46-,47-,48-,49-,50-,54+/m0/s1. The quantitative estimate of drug-likeness (QED) is 0.0419. The molecule has 85 heavy (non-hydrogen) atoms. The van der Waals surface area contributed by atoms with Crippen LogP contribution in [-0.4, -0.2) is 201 Å². The van der Waals surface area contributed by atoms with Gasteiger partial charge >= 0.3 is 0 Å². The number of nitrogens with one attached hydrogen (secondary N) is 5. The van der Waals surface area contributed by atoms with Gasteiger partial charge in [0.1, 0.15) is 65.6 Å². The van der Waals surface area contributed by atoms with Gasteiger partial charge in [-0.2, -0.15) is 0 Å². The lowest BCUT2D eigenvalue weighted by atomic mass is 9.97. The van der Waals surface area contributed by atoms with Gasteiger partial charge in [0.15, 0.2) is 6.23 Å². The molecule has 0 unspecified atom stereocenters. The fraction of sp³-hybridized carbons (Fsp3) is 0.466. The summed E-state index contributed by atoms with van der Waals surface area (Å²) in [6.07, 6.45) is -14.2. The minimum absolute atomic E-state index is 0.00903. The van der Waals surface area contributed by atoms with Crippen LogP contribution in [0, 0.1) is 5.92 Å². The van der Waals surface area contributed by atoms with Crippen molar-refractivity contribution in [3.8, 4) is 28.0 Å². The molecule has 4 aromatic rings. The fourth-order valence-corrected chi connectivity index (χ4v) is 11.0. The summed E-state index contributed by atoms with van der Waals surface area (Å²) in [6, 6.07) is 13.4. The van der Waals surface area contributed by atoms with Crippen LogP contribution in [0.25, 0.3) is 22.3 Å². The minimum atomic E-state index is -4.81. The van der Waals surface area contributed by atoms with Gasteiger partial charge in [-0.05, 0) is 84.5 Å². The van der Waals surface area contributed by atoms with Crippen molar-refractivity contribution in [3.05, 3.63) is 108 Å². The fourth-order valence-electron chi connectivity index (χ4n) is 10.4. The number of ether oxygens (including phenoxy) is 1. The predicted octanol–water partition coefficient (Wildman–Crippen LogP) is -2.90. The number of nitrogens with zero attached hydrogens (tertiary/aromatic N) is 2. The highest BCUT2D eigenvalue weighted by atomic mass is 31.2. The van der Waals surface area contributed by atoms with Crippen LogP contribution in [0.1, 0.15) is 81.8 Å². The van der Waals surface area contributed by atoms with Gasteiger partial charge in [-0.1, -0.05) is 87.4 Å². The van der Waals surface area contributed by atoms with Gasteiger partial charge in [0.25, 0.3) is 13.9 Å². The summed E-state index contributed by atoms with van der Waals surface area (Å²) in [6.45, 7) is 5.29. The Hall–Kier alpha value is -7.04. The first kappa shape index (κ1) is 65.5. The van der Waals surface area contributed by atoms with Crippen LogP contribution in [0.4, 0.5) is 0 Å². The lowest BCUT2D eigenvalue weighted by Crippen LogP contribution is -2.64. The molecular formula is C58H74N7O19P. The molecule has 15 N–H and O–H groups in total. The number of aliphatic hydroxyl groups excluding tert-OH is 8. The molecule has 3 aliphatic rings. The van der Waals surface area contributed by atoms with E-state index in [9.17, 15) is 89.1 Å². The summed E-state index contributed by atoms with van der Waals surface area (Å²) in [5, 5.41) is 101. The molecule has 3 aliphatic heterocycles. The summed E-state index contributed by atoms with van der Waals surface area (Å²) in [5.74, 6) is -8.79. The average Bonchev–Trinajstić information content (AvgIpc) is 2.86. The number of unbranched alkanes of at least 4 members (excludes halogenated alkanes) is 2. The Morgan fingerprint density at radius 2 is 1.18 bits per heavy atom. The third-order valence-corrected chi connectivity index (χ3v) is 16.3. The number of amides is 7. The molecule has 27 heteroatoms. The number of hydrogen-bond acceptors (Lipinski definition) is 19. The van der Waals surface area contributed by atoms with Crippen LogP contribution in [0.3, 0.4) is 0 Å². The lowest BCUT2D eigenvalue weighted by molar-refractivity contribution is -0.203. The van der Waals surface area contributed by atoms with Gasteiger partial charge in [-0.15, -0.1) is 0 Å². The second-order valence-corrected chi connectivity index (χ2v) is 23.4. The van der Waals surface area contributed by atoms with Crippen LogP contribution in [0.2, 0.25) is 0 Å². The van der Waals surface area contributed by atoms with Crippen LogP contribution >= 0.6 is 7.94 Å². The molecule has 3 fully saturated rings. The van der Waals surface area contributed by atoms with Crippen LogP contribution in [0.15, 0.2) is 97.1 Å². The zero-order valence-electron chi connectivity index (χ0n) is 47.0. The number of benzene rings is 4. The number of fused-ring (bicyclic) bond motifs is 2. The highest BCUT2D eigenvalue weighted by Crippen LogP contribution is 2.38. The second-order valence-electron chi connectivity index (χ2n) is 21.8. The lowest BCUT2D eigenvalue weighted by Gasteiger charge is -2.34. The van der Waals surface area contributed by atoms with Crippen molar-refractivity contribution in [1.82, 2.24) is 36.4 Å². The predicted molar refractivity (Wildman–Crippen MR) is 303 cm³/mol.